The molecule has 1 heterocycles. The van der Waals surface area contributed by atoms with Gasteiger partial charge in [0.25, 0.3) is 0 Å². The molecule has 0 amide bonds. The van der Waals surface area contributed by atoms with E-state index in [1.807, 2.05) is 11.6 Å². The number of aryl methyl sites for hydroxylation is 1. The summed E-state index contributed by atoms with van der Waals surface area (Å²) in [7, 11) is 0. The van der Waals surface area contributed by atoms with Crippen LogP contribution in [0.5, 0.6) is 0 Å². The molecule has 3 nitrogen and oxygen atoms in total. The minimum atomic E-state index is 0.539. The van der Waals surface area contributed by atoms with E-state index in [9.17, 15) is 0 Å². The molecule has 0 aliphatic rings. The van der Waals surface area contributed by atoms with Crippen molar-refractivity contribution in [1.29, 1.82) is 0 Å². The van der Waals surface area contributed by atoms with E-state index in [0.29, 0.717) is 6.04 Å². The van der Waals surface area contributed by atoms with Gasteiger partial charge in [-0.25, -0.2) is 9.67 Å². The lowest BCUT2D eigenvalue weighted by Gasteiger charge is -2.14. The largest absolute Gasteiger partial charge is 0.247 e. The van der Waals surface area contributed by atoms with Gasteiger partial charge in [-0.05, 0) is 19.8 Å². The average Bonchev–Trinajstić information content (AvgIpc) is 2.47. The van der Waals surface area contributed by atoms with Gasteiger partial charge < -0.3 is 0 Å². The monoisotopic (exact) mass is 167 g/mol. The van der Waals surface area contributed by atoms with E-state index >= 15 is 0 Å². The fourth-order valence-electron chi connectivity index (χ4n) is 1.50. The number of hydrogen-bond acceptors (Lipinski definition) is 2. The zero-order valence-electron chi connectivity index (χ0n) is 8.12. The molecule has 12 heavy (non-hydrogen) atoms. The highest BCUT2D eigenvalue weighted by Crippen LogP contribution is 2.17. The van der Waals surface area contributed by atoms with E-state index in [4.69, 9.17) is 0 Å². The van der Waals surface area contributed by atoms with E-state index in [1.54, 1.807) is 6.33 Å². The van der Waals surface area contributed by atoms with Crippen molar-refractivity contribution in [2.24, 2.45) is 0 Å². The molecule has 0 spiro atoms. The summed E-state index contributed by atoms with van der Waals surface area (Å²) in [5.74, 6) is 1.02. The number of nitrogens with zero attached hydrogens (tertiary/aromatic N) is 3. The van der Waals surface area contributed by atoms with Crippen molar-refractivity contribution >= 4 is 0 Å². The SMILES string of the molecule is CCCC(CC)n1ncnc1C. The Kier molecular flexibility index (Phi) is 3.26. The van der Waals surface area contributed by atoms with E-state index in [2.05, 4.69) is 23.9 Å². The fourth-order valence-corrected chi connectivity index (χ4v) is 1.50. The zero-order chi connectivity index (χ0) is 8.97. The summed E-state index contributed by atoms with van der Waals surface area (Å²) in [6.07, 6.45) is 5.17. The van der Waals surface area contributed by atoms with Crippen molar-refractivity contribution in [1.82, 2.24) is 14.8 Å². The van der Waals surface area contributed by atoms with Gasteiger partial charge in [0.1, 0.15) is 12.2 Å². The third kappa shape index (κ3) is 1.84. The molecule has 68 valence electrons. The summed E-state index contributed by atoms with van der Waals surface area (Å²) in [5, 5.41) is 4.21. The average molecular weight is 167 g/mol. The van der Waals surface area contributed by atoms with Crippen molar-refractivity contribution in [3.63, 3.8) is 0 Å². The van der Waals surface area contributed by atoms with Crippen molar-refractivity contribution in [3.8, 4) is 0 Å². The van der Waals surface area contributed by atoms with Crippen LogP contribution in [-0.4, -0.2) is 14.8 Å². The summed E-state index contributed by atoms with van der Waals surface area (Å²) in [6, 6.07) is 0.539. The van der Waals surface area contributed by atoms with Crippen LogP contribution in [0.3, 0.4) is 0 Å². The van der Waals surface area contributed by atoms with Gasteiger partial charge in [-0.3, -0.25) is 0 Å². The number of rotatable bonds is 4. The molecule has 1 atom stereocenters. The number of aromatic nitrogens is 3. The van der Waals surface area contributed by atoms with Crippen LogP contribution in [0.2, 0.25) is 0 Å². The maximum atomic E-state index is 4.21. The molecule has 1 aromatic heterocycles. The van der Waals surface area contributed by atoms with Gasteiger partial charge in [0, 0.05) is 0 Å². The molecule has 1 aromatic rings. The van der Waals surface area contributed by atoms with Crippen LogP contribution < -0.4 is 0 Å². The highest BCUT2D eigenvalue weighted by molar-refractivity contribution is 4.82. The van der Waals surface area contributed by atoms with Gasteiger partial charge in [-0.2, -0.15) is 5.10 Å². The quantitative estimate of drug-likeness (QED) is 0.689. The van der Waals surface area contributed by atoms with Crippen LogP contribution in [0.1, 0.15) is 45.0 Å². The maximum absolute atomic E-state index is 4.21. The molecular formula is C9H17N3. The molecule has 0 aromatic carbocycles. The van der Waals surface area contributed by atoms with Gasteiger partial charge in [0.05, 0.1) is 6.04 Å². The molecule has 0 radical (unpaired) electrons. The highest BCUT2D eigenvalue weighted by Gasteiger charge is 2.09. The maximum Gasteiger partial charge on any atom is 0.138 e. The molecule has 0 aliphatic heterocycles. The van der Waals surface area contributed by atoms with E-state index in [-0.39, 0.29) is 0 Å². The summed E-state index contributed by atoms with van der Waals surface area (Å²) < 4.78 is 2.03. The summed E-state index contributed by atoms with van der Waals surface area (Å²) in [5.41, 5.74) is 0. The fraction of sp³-hybridized carbons (Fsp3) is 0.778. The third-order valence-corrected chi connectivity index (χ3v) is 2.19. The second kappa shape index (κ2) is 4.24. The predicted octanol–water partition coefficient (Wildman–Crippen LogP) is 2.34. The molecule has 0 aliphatic carbocycles. The molecular weight excluding hydrogens is 150 g/mol. The second-order valence-electron chi connectivity index (χ2n) is 3.10. The van der Waals surface area contributed by atoms with Crippen molar-refractivity contribution in [3.05, 3.63) is 12.2 Å². The molecule has 1 unspecified atom stereocenters. The Bertz CT molecular complexity index is 229. The molecule has 0 saturated carbocycles. The van der Waals surface area contributed by atoms with E-state index in [1.165, 1.54) is 12.8 Å². The Morgan fingerprint density at radius 3 is 2.67 bits per heavy atom. The number of hydrogen-bond donors (Lipinski definition) is 0. The Hall–Kier alpha value is -0.860. The summed E-state index contributed by atoms with van der Waals surface area (Å²) >= 11 is 0. The minimum absolute atomic E-state index is 0.539. The van der Waals surface area contributed by atoms with Crippen LogP contribution in [0.4, 0.5) is 0 Å². The first-order valence-electron chi connectivity index (χ1n) is 4.65. The van der Waals surface area contributed by atoms with Crippen molar-refractivity contribution in [2.45, 2.75) is 46.1 Å². The van der Waals surface area contributed by atoms with E-state index in [0.717, 1.165) is 12.2 Å². The Labute approximate surface area is 73.8 Å². The van der Waals surface area contributed by atoms with Crippen LogP contribution >= 0.6 is 0 Å². The lowest BCUT2D eigenvalue weighted by atomic mass is 10.1. The molecule has 0 bridgehead atoms. The van der Waals surface area contributed by atoms with Gasteiger partial charge in [0.2, 0.25) is 0 Å². The van der Waals surface area contributed by atoms with Crippen LogP contribution in [0.15, 0.2) is 6.33 Å². The first kappa shape index (κ1) is 9.23. The van der Waals surface area contributed by atoms with Crippen LogP contribution in [0.25, 0.3) is 0 Å². The molecule has 1 rings (SSSR count). The first-order valence-corrected chi connectivity index (χ1v) is 4.65. The van der Waals surface area contributed by atoms with Crippen LogP contribution in [-0.2, 0) is 0 Å². The zero-order valence-corrected chi connectivity index (χ0v) is 8.12. The van der Waals surface area contributed by atoms with Crippen LogP contribution in [0, 0.1) is 6.92 Å². The molecule has 0 fully saturated rings. The molecule has 0 N–H and O–H groups in total. The summed E-state index contributed by atoms with van der Waals surface area (Å²) in [4.78, 5) is 4.12. The minimum Gasteiger partial charge on any atom is -0.247 e. The highest BCUT2D eigenvalue weighted by atomic mass is 15.3. The molecule has 3 heteroatoms. The Morgan fingerprint density at radius 2 is 2.25 bits per heavy atom. The van der Waals surface area contributed by atoms with Gasteiger partial charge in [-0.15, -0.1) is 0 Å². The summed E-state index contributed by atoms with van der Waals surface area (Å²) in [6.45, 7) is 6.40. The van der Waals surface area contributed by atoms with Gasteiger partial charge in [-0.1, -0.05) is 20.3 Å². The predicted molar refractivity (Wildman–Crippen MR) is 49.0 cm³/mol. The smallest absolute Gasteiger partial charge is 0.138 e. The topological polar surface area (TPSA) is 30.7 Å². The molecule has 0 saturated heterocycles. The first-order chi connectivity index (χ1) is 5.79. The Morgan fingerprint density at radius 1 is 1.50 bits per heavy atom. The standard InChI is InChI=1S/C9H17N3/c1-4-6-9(5-2)12-8(3)10-7-11-12/h7,9H,4-6H2,1-3H3. The van der Waals surface area contributed by atoms with Crippen molar-refractivity contribution in [2.75, 3.05) is 0 Å². The van der Waals surface area contributed by atoms with Crippen molar-refractivity contribution < 1.29 is 0 Å². The lowest BCUT2D eigenvalue weighted by Crippen LogP contribution is -2.11. The normalized spacial score (nSPS) is 13.2. The lowest BCUT2D eigenvalue weighted by molar-refractivity contribution is 0.400. The van der Waals surface area contributed by atoms with Gasteiger partial charge in [0.15, 0.2) is 0 Å². The Balaban J connectivity index is 2.72. The third-order valence-electron chi connectivity index (χ3n) is 2.19. The van der Waals surface area contributed by atoms with Gasteiger partial charge >= 0.3 is 0 Å². The van der Waals surface area contributed by atoms with E-state index < -0.39 is 0 Å². The second-order valence-corrected chi connectivity index (χ2v) is 3.10.